The summed E-state index contributed by atoms with van der Waals surface area (Å²) in [4.78, 5) is 13.4. The third-order valence-corrected chi connectivity index (χ3v) is 3.91. The molecule has 3 rings (SSSR count). The highest BCUT2D eigenvalue weighted by molar-refractivity contribution is 9.10. The van der Waals surface area contributed by atoms with Gasteiger partial charge in [0.2, 0.25) is 0 Å². The van der Waals surface area contributed by atoms with Gasteiger partial charge in [0.15, 0.2) is 6.10 Å². The lowest BCUT2D eigenvalue weighted by atomic mass is 10.3. The minimum Gasteiger partial charge on any atom is -0.490 e. The second-order valence-corrected chi connectivity index (χ2v) is 5.69. The second-order valence-electron chi connectivity index (χ2n) is 4.84. The van der Waals surface area contributed by atoms with Gasteiger partial charge in [-0.25, -0.2) is 9.18 Å². The molecule has 0 saturated carbocycles. The maximum atomic E-state index is 13.4. The summed E-state index contributed by atoms with van der Waals surface area (Å²) >= 11 is 3.08. The van der Waals surface area contributed by atoms with E-state index in [1.165, 1.54) is 6.07 Å². The smallest absolute Gasteiger partial charge is 0.414 e. The number of nitrogens with zero attached hydrogens (tertiary/aromatic N) is 1. The first-order valence-electron chi connectivity index (χ1n) is 6.74. The number of rotatable bonds is 4. The first kappa shape index (κ1) is 14.8. The predicted molar refractivity (Wildman–Crippen MR) is 83.7 cm³/mol. The number of anilines is 1. The van der Waals surface area contributed by atoms with E-state index in [9.17, 15) is 9.18 Å². The minimum atomic E-state index is -0.401. The number of carbonyl (C=O) groups excluding carboxylic acids is 1. The van der Waals surface area contributed by atoms with Crippen molar-refractivity contribution in [3.63, 3.8) is 0 Å². The van der Waals surface area contributed by atoms with Crippen molar-refractivity contribution in [2.45, 2.75) is 6.10 Å². The van der Waals surface area contributed by atoms with Crippen LogP contribution in [0.15, 0.2) is 53.0 Å². The van der Waals surface area contributed by atoms with Gasteiger partial charge in [-0.3, -0.25) is 4.90 Å². The largest absolute Gasteiger partial charge is 0.490 e. The highest BCUT2D eigenvalue weighted by Gasteiger charge is 2.32. The molecule has 1 fully saturated rings. The lowest BCUT2D eigenvalue weighted by Gasteiger charge is -2.13. The molecule has 0 spiro atoms. The molecule has 1 saturated heterocycles. The summed E-state index contributed by atoms with van der Waals surface area (Å²) < 4.78 is 24.5. The van der Waals surface area contributed by atoms with Crippen LogP contribution in [0.4, 0.5) is 14.9 Å². The fourth-order valence-corrected chi connectivity index (χ4v) is 2.43. The molecular weight excluding hydrogens is 353 g/mol. The summed E-state index contributed by atoms with van der Waals surface area (Å²) in [6.07, 6.45) is -0.791. The lowest BCUT2D eigenvalue weighted by Crippen LogP contribution is -2.26. The van der Waals surface area contributed by atoms with Gasteiger partial charge in [0.05, 0.1) is 11.0 Å². The molecule has 6 heteroatoms. The number of para-hydroxylation sites is 1. The van der Waals surface area contributed by atoms with Crippen LogP contribution in [0, 0.1) is 5.82 Å². The van der Waals surface area contributed by atoms with E-state index < -0.39 is 11.9 Å². The van der Waals surface area contributed by atoms with Gasteiger partial charge in [0.1, 0.15) is 18.2 Å². The molecule has 0 N–H and O–H groups in total. The molecule has 22 heavy (non-hydrogen) atoms. The third kappa shape index (κ3) is 3.22. The summed E-state index contributed by atoms with van der Waals surface area (Å²) in [6, 6.07) is 13.8. The molecule has 1 unspecified atom stereocenters. The van der Waals surface area contributed by atoms with Gasteiger partial charge >= 0.3 is 6.09 Å². The van der Waals surface area contributed by atoms with Crippen molar-refractivity contribution >= 4 is 27.7 Å². The molecule has 4 nitrogen and oxygen atoms in total. The number of hydrogen-bond donors (Lipinski definition) is 0. The fraction of sp³-hybridized carbons (Fsp3) is 0.188. The van der Waals surface area contributed by atoms with Crippen molar-refractivity contribution in [3.05, 3.63) is 58.8 Å². The second kappa shape index (κ2) is 6.36. The van der Waals surface area contributed by atoms with E-state index in [2.05, 4.69) is 15.9 Å². The Bertz CT molecular complexity index is 680. The Morgan fingerprint density at radius 2 is 2.05 bits per heavy atom. The van der Waals surface area contributed by atoms with Crippen molar-refractivity contribution in [2.24, 2.45) is 0 Å². The maximum absolute atomic E-state index is 13.4. The van der Waals surface area contributed by atoms with Gasteiger partial charge in [-0.05, 0) is 40.2 Å². The molecule has 1 heterocycles. The minimum absolute atomic E-state index is 0.177. The zero-order chi connectivity index (χ0) is 15.5. The topological polar surface area (TPSA) is 38.8 Å². The number of carbonyl (C=O) groups is 1. The van der Waals surface area contributed by atoms with Gasteiger partial charge in [0, 0.05) is 11.8 Å². The van der Waals surface area contributed by atoms with Crippen LogP contribution in [-0.2, 0) is 4.74 Å². The van der Waals surface area contributed by atoms with Gasteiger partial charge in [-0.2, -0.15) is 0 Å². The Kier molecular flexibility index (Phi) is 4.29. The van der Waals surface area contributed by atoms with Gasteiger partial charge in [0.25, 0.3) is 0 Å². The van der Waals surface area contributed by atoms with Crippen molar-refractivity contribution < 1.29 is 18.7 Å². The van der Waals surface area contributed by atoms with Crippen molar-refractivity contribution in [2.75, 3.05) is 18.1 Å². The Morgan fingerprint density at radius 3 is 2.77 bits per heavy atom. The number of benzene rings is 2. The average Bonchev–Trinajstić information content (AvgIpc) is 2.90. The zero-order valence-electron chi connectivity index (χ0n) is 11.5. The van der Waals surface area contributed by atoms with E-state index in [1.54, 1.807) is 17.0 Å². The zero-order valence-corrected chi connectivity index (χ0v) is 13.1. The van der Waals surface area contributed by atoms with Crippen molar-refractivity contribution in [1.82, 2.24) is 0 Å². The van der Waals surface area contributed by atoms with E-state index >= 15 is 0 Å². The molecule has 1 aliphatic heterocycles. The van der Waals surface area contributed by atoms with Crippen LogP contribution in [0.3, 0.4) is 0 Å². The Hall–Kier alpha value is -2.08. The summed E-state index contributed by atoms with van der Waals surface area (Å²) in [6.45, 7) is 0.581. The Morgan fingerprint density at radius 1 is 1.27 bits per heavy atom. The summed E-state index contributed by atoms with van der Waals surface area (Å²) in [5.41, 5.74) is 0.782. The van der Waals surface area contributed by atoms with Gasteiger partial charge in [-0.15, -0.1) is 0 Å². The predicted octanol–water partition coefficient (Wildman–Crippen LogP) is 3.99. The first-order valence-corrected chi connectivity index (χ1v) is 7.54. The van der Waals surface area contributed by atoms with Crippen molar-refractivity contribution in [1.29, 1.82) is 0 Å². The fourth-order valence-electron chi connectivity index (χ4n) is 2.18. The third-order valence-electron chi connectivity index (χ3n) is 3.27. The molecule has 2 aromatic rings. The Labute approximate surface area is 135 Å². The van der Waals surface area contributed by atoms with Crippen LogP contribution in [-0.4, -0.2) is 25.3 Å². The van der Waals surface area contributed by atoms with Crippen molar-refractivity contribution in [3.8, 4) is 5.75 Å². The van der Waals surface area contributed by atoms with E-state index in [1.807, 2.05) is 30.3 Å². The molecule has 1 amide bonds. The highest BCUT2D eigenvalue weighted by atomic mass is 79.9. The van der Waals surface area contributed by atoms with Gasteiger partial charge < -0.3 is 9.47 Å². The van der Waals surface area contributed by atoms with E-state index in [-0.39, 0.29) is 12.7 Å². The highest BCUT2D eigenvalue weighted by Crippen LogP contribution is 2.23. The van der Waals surface area contributed by atoms with Gasteiger partial charge in [-0.1, -0.05) is 18.2 Å². The van der Waals surface area contributed by atoms with Crippen LogP contribution in [0.25, 0.3) is 0 Å². The number of ether oxygens (including phenoxy) is 2. The molecule has 1 atom stereocenters. The van der Waals surface area contributed by atoms with Crippen LogP contribution >= 0.6 is 15.9 Å². The first-order chi connectivity index (χ1) is 10.6. The summed E-state index contributed by atoms with van der Waals surface area (Å²) in [5, 5.41) is 0. The maximum Gasteiger partial charge on any atom is 0.414 e. The number of halogens is 2. The van der Waals surface area contributed by atoms with Crippen LogP contribution in [0.5, 0.6) is 5.75 Å². The SMILES string of the molecule is O=C1OC(COc2ccc(Br)c(F)c2)CN1c1ccccc1. The summed E-state index contributed by atoms with van der Waals surface area (Å²) in [7, 11) is 0. The molecular formula is C16H13BrFNO3. The number of cyclic esters (lactones) is 1. The monoisotopic (exact) mass is 365 g/mol. The molecule has 114 valence electrons. The molecule has 2 aromatic carbocycles. The quantitative estimate of drug-likeness (QED) is 0.821. The van der Waals surface area contributed by atoms with E-state index in [0.717, 1.165) is 5.69 Å². The molecule has 0 bridgehead atoms. The number of amides is 1. The normalized spacial score (nSPS) is 17.5. The van der Waals surface area contributed by atoms with E-state index in [0.29, 0.717) is 16.8 Å². The summed E-state index contributed by atoms with van der Waals surface area (Å²) in [5.74, 6) is 0.00161. The molecule has 1 aliphatic rings. The molecule has 0 aliphatic carbocycles. The number of hydrogen-bond acceptors (Lipinski definition) is 3. The van der Waals surface area contributed by atoms with E-state index in [4.69, 9.17) is 9.47 Å². The van der Waals surface area contributed by atoms with Crippen LogP contribution < -0.4 is 9.64 Å². The Balaban J connectivity index is 1.60. The standard InChI is InChI=1S/C16H13BrFNO3/c17-14-7-6-12(8-15(14)18)21-10-13-9-19(16(20)22-13)11-4-2-1-3-5-11/h1-8,13H,9-10H2. The van der Waals surface area contributed by atoms with Crippen LogP contribution in [0.1, 0.15) is 0 Å². The molecule has 0 aromatic heterocycles. The molecule has 0 radical (unpaired) electrons. The van der Waals surface area contributed by atoms with Crippen LogP contribution in [0.2, 0.25) is 0 Å². The lowest BCUT2D eigenvalue weighted by molar-refractivity contribution is 0.105. The average molecular weight is 366 g/mol.